The van der Waals surface area contributed by atoms with Crippen molar-refractivity contribution in [3.63, 3.8) is 0 Å². The molecule has 0 fully saturated rings. The Labute approximate surface area is 137 Å². The molecule has 0 radical (unpaired) electrons. The van der Waals surface area contributed by atoms with Crippen LogP contribution in [0.25, 0.3) is 0 Å². The van der Waals surface area contributed by atoms with Crippen molar-refractivity contribution in [1.29, 1.82) is 0 Å². The van der Waals surface area contributed by atoms with Crippen LogP contribution >= 0.6 is 30.1 Å². The molecule has 0 aromatic heterocycles. The van der Waals surface area contributed by atoms with Gasteiger partial charge in [0.15, 0.2) is 5.78 Å². The monoisotopic (exact) mass is 416 g/mol. The van der Waals surface area contributed by atoms with E-state index in [-0.39, 0.29) is 23.7 Å². The summed E-state index contributed by atoms with van der Waals surface area (Å²) in [5.41, 5.74) is 1.57. The van der Waals surface area contributed by atoms with E-state index in [0.717, 1.165) is 16.5 Å². The normalized spacial score (nSPS) is 17.7. The summed E-state index contributed by atoms with van der Waals surface area (Å²) in [5, 5.41) is 0. The van der Waals surface area contributed by atoms with Crippen molar-refractivity contribution in [2.45, 2.75) is 23.7 Å². The second-order valence-electron chi connectivity index (χ2n) is 5.10. The number of fused-ring (bicyclic) bond motifs is 1. The molecule has 0 saturated heterocycles. The molecular weight excluding hydrogens is 405 g/mol. The predicted octanol–water partition coefficient (Wildman–Crippen LogP) is 5.32. The first kappa shape index (κ1) is 15.0. The average Bonchev–Trinajstić information content (AvgIpc) is 2.46. The lowest BCUT2D eigenvalue weighted by Crippen LogP contribution is -2.20. The SMILES string of the molecule is O=C1CC(c2ccc(SI)cc2)Cc2cc(F)cc(F)c21. The lowest BCUT2D eigenvalue weighted by Gasteiger charge is -2.24. The summed E-state index contributed by atoms with van der Waals surface area (Å²) < 4.78 is 27.1. The summed E-state index contributed by atoms with van der Waals surface area (Å²) in [4.78, 5) is 13.3. The van der Waals surface area contributed by atoms with Crippen LogP contribution in [0.3, 0.4) is 0 Å². The van der Waals surface area contributed by atoms with Crippen molar-refractivity contribution in [2.75, 3.05) is 0 Å². The van der Waals surface area contributed by atoms with Crippen LogP contribution in [0.4, 0.5) is 8.78 Å². The van der Waals surface area contributed by atoms with Gasteiger partial charge in [-0.2, -0.15) is 0 Å². The third-order valence-electron chi connectivity index (χ3n) is 3.75. The van der Waals surface area contributed by atoms with Gasteiger partial charge >= 0.3 is 0 Å². The molecule has 1 atom stereocenters. The van der Waals surface area contributed by atoms with E-state index >= 15 is 0 Å². The zero-order valence-electron chi connectivity index (χ0n) is 10.9. The van der Waals surface area contributed by atoms with Gasteiger partial charge in [0, 0.05) is 38.6 Å². The first-order chi connectivity index (χ1) is 10.1. The van der Waals surface area contributed by atoms with Gasteiger partial charge in [-0.1, -0.05) is 21.1 Å². The lowest BCUT2D eigenvalue weighted by molar-refractivity contribution is 0.0959. The van der Waals surface area contributed by atoms with Crippen LogP contribution < -0.4 is 0 Å². The number of benzene rings is 2. The number of halogens is 3. The van der Waals surface area contributed by atoms with Gasteiger partial charge in [-0.3, -0.25) is 4.79 Å². The molecule has 5 heteroatoms. The fourth-order valence-corrected chi connectivity index (χ4v) is 3.91. The molecule has 1 unspecified atom stereocenters. The van der Waals surface area contributed by atoms with Crippen molar-refractivity contribution in [3.8, 4) is 0 Å². The molecule has 1 nitrogen and oxygen atoms in total. The minimum Gasteiger partial charge on any atom is -0.294 e. The van der Waals surface area contributed by atoms with E-state index in [4.69, 9.17) is 0 Å². The van der Waals surface area contributed by atoms with E-state index in [1.54, 1.807) is 8.93 Å². The van der Waals surface area contributed by atoms with Crippen molar-refractivity contribution in [1.82, 2.24) is 0 Å². The van der Waals surface area contributed by atoms with Crippen LogP contribution in [0.5, 0.6) is 0 Å². The second-order valence-corrected chi connectivity index (χ2v) is 7.04. The highest BCUT2D eigenvalue weighted by atomic mass is 127. The van der Waals surface area contributed by atoms with E-state index in [1.165, 1.54) is 6.07 Å². The Morgan fingerprint density at radius 1 is 1.10 bits per heavy atom. The Morgan fingerprint density at radius 2 is 1.81 bits per heavy atom. The highest BCUT2D eigenvalue weighted by Crippen LogP contribution is 2.35. The van der Waals surface area contributed by atoms with Crippen molar-refractivity contribution < 1.29 is 13.6 Å². The second kappa shape index (κ2) is 6.04. The Hall–Kier alpha value is -0.950. The number of hydrogen-bond donors (Lipinski definition) is 0. The third-order valence-corrected chi connectivity index (χ3v) is 5.73. The van der Waals surface area contributed by atoms with Crippen molar-refractivity contribution >= 4 is 35.9 Å². The predicted molar refractivity (Wildman–Crippen MR) is 88.1 cm³/mol. The summed E-state index contributed by atoms with van der Waals surface area (Å²) >= 11 is 2.21. The maximum Gasteiger partial charge on any atom is 0.166 e. The Bertz CT molecular complexity index is 700. The minimum atomic E-state index is -0.745. The van der Waals surface area contributed by atoms with E-state index in [1.807, 2.05) is 24.3 Å². The Morgan fingerprint density at radius 3 is 2.48 bits per heavy atom. The number of ketones is 1. The lowest BCUT2D eigenvalue weighted by atomic mass is 9.79. The number of carbonyl (C=O) groups excluding carboxylic acids is 1. The zero-order chi connectivity index (χ0) is 15.0. The van der Waals surface area contributed by atoms with Crippen LogP contribution in [-0.4, -0.2) is 5.78 Å². The van der Waals surface area contributed by atoms with Crippen LogP contribution in [0.2, 0.25) is 0 Å². The summed E-state index contributed by atoms with van der Waals surface area (Å²) in [6.45, 7) is 0. The standard InChI is InChI=1S/C16H11F2IOS/c17-12-6-11-5-10(7-15(20)16(11)14(18)8-12)9-1-3-13(21-19)4-2-9/h1-4,6,8,10H,5,7H2. The fraction of sp³-hybridized carbons (Fsp3) is 0.188. The Kier molecular flexibility index (Phi) is 4.31. The van der Waals surface area contributed by atoms with E-state index in [0.29, 0.717) is 12.0 Å². The van der Waals surface area contributed by atoms with E-state index in [9.17, 15) is 13.6 Å². The van der Waals surface area contributed by atoms with Crippen LogP contribution in [0.15, 0.2) is 41.3 Å². The smallest absolute Gasteiger partial charge is 0.166 e. The first-order valence-corrected chi connectivity index (χ1v) is 9.84. The molecule has 1 aliphatic carbocycles. The van der Waals surface area contributed by atoms with Gasteiger partial charge in [0.25, 0.3) is 0 Å². The average molecular weight is 416 g/mol. The number of hydrogen-bond acceptors (Lipinski definition) is 2. The van der Waals surface area contributed by atoms with Gasteiger partial charge in [-0.15, -0.1) is 0 Å². The summed E-state index contributed by atoms with van der Waals surface area (Å²) in [6.07, 6.45) is 0.763. The molecule has 0 heterocycles. The minimum absolute atomic E-state index is 0.0144. The molecule has 21 heavy (non-hydrogen) atoms. The summed E-state index contributed by atoms with van der Waals surface area (Å²) in [5.74, 6) is -1.63. The highest BCUT2D eigenvalue weighted by molar-refractivity contribution is 14.2. The molecule has 2 aromatic carbocycles. The van der Waals surface area contributed by atoms with Gasteiger partial charge in [0.05, 0.1) is 5.56 Å². The van der Waals surface area contributed by atoms with Gasteiger partial charge < -0.3 is 0 Å². The van der Waals surface area contributed by atoms with Crippen LogP contribution in [0, 0.1) is 11.6 Å². The molecule has 0 saturated carbocycles. The molecule has 3 rings (SSSR count). The number of rotatable bonds is 2. The summed E-state index contributed by atoms with van der Waals surface area (Å²) in [7, 11) is 1.62. The molecule has 1 aliphatic rings. The molecular formula is C16H11F2IOS. The number of carbonyl (C=O) groups is 1. The molecule has 2 aromatic rings. The van der Waals surface area contributed by atoms with Crippen molar-refractivity contribution in [2.24, 2.45) is 0 Å². The Balaban J connectivity index is 1.95. The molecule has 0 N–H and O–H groups in total. The largest absolute Gasteiger partial charge is 0.294 e. The fourth-order valence-electron chi connectivity index (χ4n) is 2.79. The molecule has 0 aliphatic heterocycles. The molecule has 0 bridgehead atoms. The highest BCUT2D eigenvalue weighted by Gasteiger charge is 2.29. The van der Waals surface area contributed by atoms with Crippen LogP contribution in [-0.2, 0) is 6.42 Å². The van der Waals surface area contributed by atoms with Gasteiger partial charge in [0.1, 0.15) is 11.6 Å². The quantitative estimate of drug-likeness (QED) is 0.617. The van der Waals surface area contributed by atoms with Gasteiger partial charge in [-0.25, -0.2) is 8.78 Å². The third kappa shape index (κ3) is 2.99. The first-order valence-electron chi connectivity index (χ1n) is 6.48. The number of Topliss-reactive ketones (excluding diaryl/α,β-unsaturated/α-hetero) is 1. The molecule has 0 amide bonds. The van der Waals surface area contributed by atoms with E-state index in [2.05, 4.69) is 21.2 Å². The zero-order valence-corrected chi connectivity index (χ0v) is 13.9. The van der Waals surface area contributed by atoms with Crippen LogP contribution in [0.1, 0.15) is 33.8 Å². The maximum absolute atomic E-state index is 13.7. The van der Waals surface area contributed by atoms with Gasteiger partial charge in [0.2, 0.25) is 0 Å². The maximum atomic E-state index is 13.7. The van der Waals surface area contributed by atoms with Crippen molar-refractivity contribution in [3.05, 3.63) is 64.7 Å². The van der Waals surface area contributed by atoms with E-state index < -0.39 is 11.6 Å². The molecule has 0 spiro atoms. The summed E-state index contributed by atoms with van der Waals surface area (Å²) in [6, 6.07) is 10.0. The molecule has 108 valence electrons. The topological polar surface area (TPSA) is 17.1 Å². The van der Waals surface area contributed by atoms with Gasteiger partial charge in [-0.05, 0) is 41.7 Å².